The lowest BCUT2D eigenvalue weighted by Crippen LogP contribution is -2.15. The van der Waals surface area contributed by atoms with E-state index in [1.165, 1.54) is 0 Å². The number of rotatable bonds is 3. The van der Waals surface area contributed by atoms with Crippen LogP contribution < -0.4 is 5.32 Å². The Balaban J connectivity index is 1.85. The van der Waals surface area contributed by atoms with Gasteiger partial charge in [-0.2, -0.15) is 0 Å². The lowest BCUT2D eigenvalue weighted by Gasteiger charge is -2.08. The Morgan fingerprint density at radius 1 is 1.14 bits per heavy atom. The van der Waals surface area contributed by atoms with Crippen molar-refractivity contribution in [3.05, 3.63) is 69.9 Å². The molecule has 0 fully saturated rings. The SMILES string of the molecule is Cn1c(-c2ccccc2)cnc1NC(=O)c1cccc(I)c1. The molecule has 5 heteroatoms. The maximum Gasteiger partial charge on any atom is 0.258 e. The van der Waals surface area contributed by atoms with E-state index >= 15 is 0 Å². The van der Waals surface area contributed by atoms with Crippen molar-refractivity contribution >= 4 is 34.4 Å². The average Bonchev–Trinajstić information content (AvgIpc) is 2.89. The number of nitrogens with zero attached hydrogens (tertiary/aromatic N) is 2. The molecule has 0 unspecified atom stereocenters. The number of halogens is 1. The summed E-state index contributed by atoms with van der Waals surface area (Å²) in [6, 6.07) is 17.4. The molecule has 1 aromatic heterocycles. The number of carbonyl (C=O) groups is 1. The molecule has 1 heterocycles. The Bertz CT molecular complexity index is 812. The van der Waals surface area contributed by atoms with Gasteiger partial charge >= 0.3 is 0 Å². The van der Waals surface area contributed by atoms with Gasteiger partial charge in [0, 0.05) is 16.2 Å². The summed E-state index contributed by atoms with van der Waals surface area (Å²) < 4.78 is 2.90. The van der Waals surface area contributed by atoms with E-state index in [0.29, 0.717) is 11.5 Å². The first-order valence-corrected chi connectivity index (χ1v) is 7.87. The number of benzene rings is 2. The number of nitrogens with one attached hydrogen (secondary N) is 1. The maximum atomic E-state index is 12.3. The Labute approximate surface area is 142 Å². The zero-order valence-electron chi connectivity index (χ0n) is 12.0. The summed E-state index contributed by atoms with van der Waals surface area (Å²) in [5, 5.41) is 2.85. The summed E-state index contributed by atoms with van der Waals surface area (Å²) in [6.45, 7) is 0. The Kier molecular flexibility index (Phi) is 4.24. The summed E-state index contributed by atoms with van der Waals surface area (Å²) in [5.41, 5.74) is 2.64. The number of hydrogen-bond acceptors (Lipinski definition) is 2. The van der Waals surface area contributed by atoms with Crippen LogP contribution >= 0.6 is 22.6 Å². The molecule has 1 N–H and O–H groups in total. The van der Waals surface area contributed by atoms with Crippen molar-refractivity contribution in [2.75, 3.05) is 5.32 Å². The van der Waals surface area contributed by atoms with Gasteiger partial charge in [0.05, 0.1) is 11.9 Å². The molecule has 3 aromatic rings. The van der Waals surface area contributed by atoms with E-state index < -0.39 is 0 Å². The van der Waals surface area contributed by atoms with E-state index in [4.69, 9.17) is 0 Å². The first kappa shape index (κ1) is 14.8. The lowest BCUT2D eigenvalue weighted by molar-refractivity contribution is 0.102. The van der Waals surface area contributed by atoms with Gasteiger partial charge in [-0.3, -0.25) is 10.1 Å². The molecule has 1 amide bonds. The van der Waals surface area contributed by atoms with Crippen LogP contribution in [-0.2, 0) is 7.05 Å². The number of amides is 1. The second kappa shape index (κ2) is 6.31. The first-order chi connectivity index (χ1) is 10.6. The molecule has 2 aromatic carbocycles. The third kappa shape index (κ3) is 3.04. The fraction of sp³-hybridized carbons (Fsp3) is 0.0588. The first-order valence-electron chi connectivity index (χ1n) is 6.79. The predicted octanol–water partition coefficient (Wildman–Crippen LogP) is 3.94. The van der Waals surface area contributed by atoms with Gasteiger partial charge in [-0.25, -0.2) is 4.98 Å². The van der Waals surface area contributed by atoms with E-state index in [9.17, 15) is 4.79 Å². The van der Waals surface area contributed by atoms with E-state index in [1.807, 2.05) is 60.1 Å². The van der Waals surface area contributed by atoms with Crippen LogP contribution in [0.15, 0.2) is 60.8 Å². The van der Waals surface area contributed by atoms with Crippen LogP contribution in [0.5, 0.6) is 0 Å². The second-order valence-corrected chi connectivity index (χ2v) is 6.10. The molecule has 0 spiro atoms. The average molecular weight is 403 g/mol. The van der Waals surface area contributed by atoms with Gasteiger partial charge in [-0.05, 0) is 46.4 Å². The Morgan fingerprint density at radius 3 is 2.64 bits per heavy atom. The fourth-order valence-corrected chi connectivity index (χ4v) is 2.75. The van der Waals surface area contributed by atoms with Gasteiger partial charge < -0.3 is 4.57 Å². The van der Waals surface area contributed by atoms with E-state index in [-0.39, 0.29) is 5.91 Å². The fourth-order valence-electron chi connectivity index (χ4n) is 2.21. The van der Waals surface area contributed by atoms with Crippen LogP contribution in [0, 0.1) is 3.57 Å². The summed E-state index contributed by atoms with van der Waals surface area (Å²) in [6.07, 6.45) is 1.76. The summed E-state index contributed by atoms with van der Waals surface area (Å²) in [5.74, 6) is 0.370. The highest BCUT2D eigenvalue weighted by Gasteiger charge is 2.12. The zero-order valence-corrected chi connectivity index (χ0v) is 14.1. The van der Waals surface area contributed by atoms with Gasteiger partial charge in [0.25, 0.3) is 5.91 Å². The molecule has 110 valence electrons. The molecule has 0 aliphatic heterocycles. The minimum absolute atomic E-state index is 0.160. The number of anilines is 1. The molecular weight excluding hydrogens is 389 g/mol. The van der Waals surface area contributed by atoms with Crippen LogP contribution in [0.3, 0.4) is 0 Å². The van der Waals surface area contributed by atoms with Crippen LogP contribution in [0.4, 0.5) is 5.95 Å². The third-order valence-corrected chi connectivity index (χ3v) is 4.04. The number of imidazole rings is 1. The Hall–Kier alpha value is -2.15. The smallest absolute Gasteiger partial charge is 0.258 e. The minimum atomic E-state index is -0.160. The van der Waals surface area contributed by atoms with Crippen molar-refractivity contribution in [1.29, 1.82) is 0 Å². The minimum Gasteiger partial charge on any atom is -0.313 e. The Morgan fingerprint density at radius 2 is 1.91 bits per heavy atom. The van der Waals surface area contributed by atoms with Crippen molar-refractivity contribution in [2.45, 2.75) is 0 Å². The van der Waals surface area contributed by atoms with Crippen molar-refractivity contribution in [3.8, 4) is 11.3 Å². The molecule has 0 saturated heterocycles. The number of carbonyl (C=O) groups excluding carboxylic acids is 1. The van der Waals surface area contributed by atoms with Gasteiger partial charge in [0.2, 0.25) is 5.95 Å². The monoisotopic (exact) mass is 403 g/mol. The zero-order chi connectivity index (χ0) is 15.5. The van der Waals surface area contributed by atoms with E-state index in [0.717, 1.165) is 14.8 Å². The van der Waals surface area contributed by atoms with Gasteiger partial charge in [-0.15, -0.1) is 0 Å². The molecule has 0 atom stereocenters. The maximum absolute atomic E-state index is 12.3. The standard InChI is InChI=1S/C17H14IN3O/c1-21-15(12-6-3-2-4-7-12)11-19-17(21)20-16(22)13-8-5-9-14(18)10-13/h2-11H,1H3,(H,19,20,22). The van der Waals surface area contributed by atoms with Crippen LogP contribution in [0.1, 0.15) is 10.4 Å². The van der Waals surface area contributed by atoms with E-state index in [1.54, 1.807) is 12.3 Å². The van der Waals surface area contributed by atoms with Crippen LogP contribution in [0.2, 0.25) is 0 Å². The molecule has 4 nitrogen and oxygen atoms in total. The van der Waals surface area contributed by atoms with Gasteiger partial charge in [0.1, 0.15) is 0 Å². The quantitative estimate of drug-likeness (QED) is 0.674. The number of aromatic nitrogens is 2. The van der Waals surface area contributed by atoms with E-state index in [2.05, 4.69) is 32.9 Å². The van der Waals surface area contributed by atoms with Crippen LogP contribution in [-0.4, -0.2) is 15.5 Å². The van der Waals surface area contributed by atoms with Gasteiger partial charge in [-0.1, -0.05) is 36.4 Å². The highest BCUT2D eigenvalue weighted by atomic mass is 127. The highest BCUT2D eigenvalue weighted by Crippen LogP contribution is 2.21. The molecule has 0 saturated carbocycles. The van der Waals surface area contributed by atoms with Gasteiger partial charge in [0.15, 0.2) is 0 Å². The highest BCUT2D eigenvalue weighted by molar-refractivity contribution is 14.1. The number of hydrogen-bond donors (Lipinski definition) is 1. The summed E-state index contributed by atoms with van der Waals surface area (Å²) in [4.78, 5) is 16.6. The van der Waals surface area contributed by atoms with Crippen molar-refractivity contribution in [1.82, 2.24) is 9.55 Å². The summed E-state index contributed by atoms with van der Waals surface area (Å²) in [7, 11) is 1.89. The normalized spacial score (nSPS) is 10.5. The van der Waals surface area contributed by atoms with Crippen molar-refractivity contribution in [2.24, 2.45) is 7.05 Å². The van der Waals surface area contributed by atoms with Crippen molar-refractivity contribution < 1.29 is 4.79 Å². The summed E-state index contributed by atoms with van der Waals surface area (Å²) >= 11 is 2.19. The molecule has 0 radical (unpaired) electrons. The molecule has 3 rings (SSSR count). The molecule has 0 aliphatic rings. The molecular formula is C17H14IN3O. The molecule has 0 aliphatic carbocycles. The second-order valence-electron chi connectivity index (χ2n) is 4.86. The molecule has 0 bridgehead atoms. The lowest BCUT2D eigenvalue weighted by atomic mass is 10.2. The van der Waals surface area contributed by atoms with Crippen molar-refractivity contribution in [3.63, 3.8) is 0 Å². The third-order valence-electron chi connectivity index (χ3n) is 3.37. The molecule has 22 heavy (non-hydrogen) atoms. The predicted molar refractivity (Wildman–Crippen MR) is 95.8 cm³/mol. The largest absolute Gasteiger partial charge is 0.313 e. The topological polar surface area (TPSA) is 46.9 Å². The van der Waals surface area contributed by atoms with Crippen LogP contribution in [0.25, 0.3) is 11.3 Å².